The highest BCUT2D eigenvalue weighted by atomic mass is 16.4. The second-order valence-corrected chi connectivity index (χ2v) is 3.68. The average molecular weight is 207 g/mol. The molecular formula is C12H17NO2. The van der Waals surface area contributed by atoms with Gasteiger partial charge in [-0.15, -0.1) is 0 Å². The van der Waals surface area contributed by atoms with E-state index in [-0.39, 0.29) is 0 Å². The lowest BCUT2D eigenvalue weighted by Gasteiger charge is -2.23. The van der Waals surface area contributed by atoms with Crippen molar-refractivity contribution in [1.82, 2.24) is 0 Å². The van der Waals surface area contributed by atoms with Crippen LogP contribution in [0.15, 0.2) is 24.3 Å². The van der Waals surface area contributed by atoms with Gasteiger partial charge < -0.3 is 10.8 Å². The summed E-state index contributed by atoms with van der Waals surface area (Å²) in [6, 6.07) is 7.46. The van der Waals surface area contributed by atoms with Crippen molar-refractivity contribution in [2.75, 3.05) is 0 Å². The van der Waals surface area contributed by atoms with Crippen molar-refractivity contribution in [3.63, 3.8) is 0 Å². The number of nitrogens with two attached hydrogens (primary N) is 1. The Morgan fingerprint density at radius 3 is 2.20 bits per heavy atom. The predicted octanol–water partition coefficient (Wildman–Crippen LogP) is 1.90. The van der Waals surface area contributed by atoms with Crippen LogP contribution in [0.5, 0.6) is 0 Å². The van der Waals surface area contributed by atoms with Gasteiger partial charge in [0.25, 0.3) is 0 Å². The van der Waals surface area contributed by atoms with Crippen molar-refractivity contribution < 1.29 is 9.90 Å². The smallest absolute Gasteiger partial charge is 0.328 e. The molecule has 0 saturated carbocycles. The number of rotatable bonds is 4. The van der Waals surface area contributed by atoms with E-state index >= 15 is 0 Å². The number of carboxylic acid groups (broad SMARTS) is 1. The van der Waals surface area contributed by atoms with Crippen molar-refractivity contribution in [3.8, 4) is 0 Å². The molecule has 0 bridgehead atoms. The van der Waals surface area contributed by atoms with Gasteiger partial charge >= 0.3 is 5.97 Å². The molecule has 82 valence electrons. The van der Waals surface area contributed by atoms with Gasteiger partial charge in [-0.3, -0.25) is 0 Å². The maximum absolute atomic E-state index is 11.1. The molecule has 0 aliphatic carbocycles. The summed E-state index contributed by atoms with van der Waals surface area (Å²) in [6.45, 7) is 3.84. The molecule has 15 heavy (non-hydrogen) atoms. The number of carbonyl (C=O) groups is 1. The van der Waals surface area contributed by atoms with E-state index in [0.29, 0.717) is 12.0 Å². The lowest BCUT2D eigenvalue weighted by atomic mass is 9.88. The summed E-state index contributed by atoms with van der Waals surface area (Å²) >= 11 is 0. The third kappa shape index (κ3) is 2.18. The van der Waals surface area contributed by atoms with Crippen molar-refractivity contribution in [1.29, 1.82) is 0 Å². The Bertz CT molecular complexity index is 345. The normalized spacial score (nSPS) is 14.6. The van der Waals surface area contributed by atoms with Gasteiger partial charge in [0.15, 0.2) is 0 Å². The average Bonchev–Trinajstić information content (AvgIpc) is 2.28. The largest absolute Gasteiger partial charge is 0.480 e. The van der Waals surface area contributed by atoms with E-state index in [0.717, 1.165) is 6.42 Å². The first-order valence-electron chi connectivity index (χ1n) is 5.16. The van der Waals surface area contributed by atoms with Gasteiger partial charge in [-0.25, -0.2) is 4.79 Å². The molecule has 3 nitrogen and oxygen atoms in total. The third-order valence-electron chi connectivity index (χ3n) is 2.82. The SMILES string of the molecule is CCc1ccc([C@@](N)(CC)C(=O)O)cc1. The Hall–Kier alpha value is -1.35. The summed E-state index contributed by atoms with van der Waals surface area (Å²) < 4.78 is 0. The maximum atomic E-state index is 11.1. The molecule has 0 spiro atoms. The van der Waals surface area contributed by atoms with Crippen LogP contribution in [-0.2, 0) is 16.8 Å². The van der Waals surface area contributed by atoms with E-state index < -0.39 is 11.5 Å². The number of aryl methyl sites for hydroxylation is 1. The molecule has 1 aromatic carbocycles. The summed E-state index contributed by atoms with van der Waals surface area (Å²) in [6.07, 6.45) is 1.32. The van der Waals surface area contributed by atoms with E-state index in [1.165, 1.54) is 5.56 Å². The highest BCUT2D eigenvalue weighted by molar-refractivity contribution is 5.80. The molecule has 0 aromatic heterocycles. The van der Waals surface area contributed by atoms with Crippen LogP contribution >= 0.6 is 0 Å². The lowest BCUT2D eigenvalue weighted by molar-refractivity contribution is -0.143. The van der Waals surface area contributed by atoms with E-state index in [1.807, 2.05) is 12.1 Å². The molecule has 0 unspecified atom stereocenters. The fraction of sp³-hybridized carbons (Fsp3) is 0.417. The number of hydrogen-bond donors (Lipinski definition) is 2. The van der Waals surface area contributed by atoms with Crippen molar-refractivity contribution in [2.24, 2.45) is 5.73 Å². The monoisotopic (exact) mass is 207 g/mol. The number of hydrogen-bond acceptors (Lipinski definition) is 2. The van der Waals surface area contributed by atoms with Gasteiger partial charge in [-0.1, -0.05) is 38.1 Å². The molecule has 0 aliphatic heterocycles. The van der Waals surface area contributed by atoms with Gasteiger partial charge in [-0.05, 0) is 24.0 Å². The Morgan fingerprint density at radius 1 is 1.33 bits per heavy atom. The minimum atomic E-state index is -1.26. The second kappa shape index (κ2) is 4.45. The van der Waals surface area contributed by atoms with Crippen LogP contribution in [0.25, 0.3) is 0 Å². The highest BCUT2D eigenvalue weighted by Gasteiger charge is 2.33. The minimum absolute atomic E-state index is 0.383. The van der Waals surface area contributed by atoms with Gasteiger partial charge in [0.2, 0.25) is 0 Å². The first-order valence-corrected chi connectivity index (χ1v) is 5.16. The Morgan fingerprint density at radius 2 is 1.87 bits per heavy atom. The van der Waals surface area contributed by atoms with E-state index in [9.17, 15) is 4.79 Å². The zero-order valence-corrected chi connectivity index (χ0v) is 9.16. The quantitative estimate of drug-likeness (QED) is 0.792. The molecule has 1 rings (SSSR count). The lowest BCUT2D eigenvalue weighted by Crippen LogP contribution is -2.44. The second-order valence-electron chi connectivity index (χ2n) is 3.68. The molecule has 0 heterocycles. The summed E-state index contributed by atoms with van der Waals surface area (Å²) in [7, 11) is 0. The molecule has 3 heteroatoms. The van der Waals surface area contributed by atoms with Gasteiger partial charge in [0.05, 0.1) is 0 Å². The van der Waals surface area contributed by atoms with E-state index in [4.69, 9.17) is 10.8 Å². The molecule has 1 aromatic rings. The molecule has 0 fully saturated rings. The van der Waals surface area contributed by atoms with Crippen LogP contribution in [-0.4, -0.2) is 11.1 Å². The maximum Gasteiger partial charge on any atom is 0.328 e. The van der Waals surface area contributed by atoms with Crippen molar-refractivity contribution in [3.05, 3.63) is 35.4 Å². The third-order valence-corrected chi connectivity index (χ3v) is 2.82. The summed E-state index contributed by atoms with van der Waals surface area (Å²) in [4.78, 5) is 11.1. The van der Waals surface area contributed by atoms with Crippen LogP contribution in [0.2, 0.25) is 0 Å². The zero-order valence-electron chi connectivity index (χ0n) is 9.16. The van der Waals surface area contributed by atoms with Crippen molar-refractivity contribution in [2.45, 2.75) is 32.2 Å². The molecule has 0 radical (unpaired) electrons. The van der Waals surface area contributed by atoms with Crippen LogP contribution in [0.3, 0.4) is 0 Å². The fourth-order valence-corrected chi connectivity index (χ4v) is 1.52. The van der Waals surface area contributed by atoms with E-state index in [2.05, 4.69) is 6.92 Å². The minimum Gasteiger partial charge on any atom is -0.480 e. The Balaban J connectivity index is 3.08. The zero-order chi connectivity index (χ0) is 11.5. The first kappa shape index (κ1) is 11.7. The van der Waals surface area contributed by atoms with Crippen LogP contribution in [0, 0.1) is 0 Å². The summed E-state index contributed by atoms with van der Waals surface area (Å²) in [5.74, 6) is -0.978. The van der Waals surface area contributed by atoms with Gasteiger partial charge in [-0.2, -0.15) is 0 Å². The Kier molecular flexibility index (Phi) is 3.48. The molecular weight excluding hydrogens is 190 g/mol. The molecule has 0 aliphatic rings. The standard InChI is InChI=1S/C12H17NO2/c1-3-9-5-7-10(8-6-9)12(13,4-2)11(14)15/h5-8H,3-4,13H2,1-2H3,(H,14,15)/t12-/m0/s1. The summed E-state index contributed by atoms with van der Waals surface area (Å²) in [5, 5.41) is 9.09. The molecule has 3 N–H and O–H groups in total. The van der Waals surface area contributed by atoms with Gasteiger partial charge in [0.1, 0.15) is 5.54 Å². The highest BCUT2D eigenvalue weighted by Crippen LogP contribution is 2.22. The molecule has 0 saturated heterocycles. The van der Waals surface area contributed by atoms with Gasteiger partial charge in [0, 0.05) is 0 Å². The number of benzene rings is 1. The number of carboxylic acids is 1. The summed E-state index contributed by atoms with van der Waals surface area (Å²) in [5.41, 5.74) is 6.44. The Labute approximate surface area is 89.9 Å². The first-order chi connectivity index (χ1) is 7.04. The van der Waals surface area contributed by atoms with Crippen molar-refractivity contribution >= 4 is 5.97 Å². The van der Waals surface area contributed by atoms with Crippen LogP contribution < -0.4 is 5.73 Å². The number of aliphatic carboxylic acids is 1. The van der Waals surface area contributed by atoms with Crippen LogP contribution in [0.4, 0.5) is 0 Å². The topological polar surface area (TPSA) is 63.3 Å². The van der Waals surface area contributed by atoms with Crippen LogP contribution in [0.1, 0.15) is 31.4 Å². The molecule has 1 atom stereocenters. The fourth-order valence-electron chi connectivity index (χ4n) is 1.52. The molecule has 0 amide bonds. The predicted molar refractivity (Wildman–Crippen MR) is 59.6 cm³/mol. The van der Waals surface area contributed by atoms with E-state index in [1.54, 1.807) is 19.1 Å².